The molecule has 0 unspecified atom stereocenters. The average molecular weight is 520 g/mol. The van der Waals surface area contributed by atoms with E-state index >= 15 is 0 Å². The highest BCUT2D eigenvalue weighted by Crippen LogP contribution is 2.41. The number of allylic oxidation sites excluding steroid dienone is 1. The second-order valence-corrected chi connectivity index (χ2v) is 9.31. The number of benzene rings is 2. The standard InChI is InChI=1S/C22H10Cl4N4OS/c23-14-5-1-3-10(18(14)25)7-16-21(31)30-20(29)12(8-27)17(13(9-28)22(30)32-16)11-4-2-6-15(24)19(11)26/h1-7,17H,29H2/t17-/m1/s1. The molecule has 0 saturated heterocycles. The molecule has 0 spiro atoms. The van der Waals surface area contributed by atoms with E-state index in [-0.39, 0.29) is 31.5 Å². The van der Waals surface area contributed by atoms with Crippen molar-refractivity contribution >= 4 is 75.2 Å². The van der Waals surface area contributed by atoms with E-state index in [0.29, 0.717) is 25.8 Å². The molecule has 3 aromatic rings. The lowest BCUT2D eigenvalue weighted by Crippen LogP contribution is -2.38. The fourth-order valence-electron chi connectivity index (χ4n) is 3.48. The maximum Gasteiger partial charge on any atom is 0.274 e. The van der Waals surface area contributed by atoms with E-state index in [1.807, 2.05) is 6.07 Å². The Morgan fingerprint density at radius 3 is 2.25 bits per heavy atom. The Morgan fingerprint density at radius 1 is 0.969 bits per heavy atom. The summed E-state index contributed by atoms with van der Waals surface area (Å²) in [6, 6.07) is 14.1. The first-order chi connectivity index (χ1) is 15.3. The van der Waals surface area contributed by atoms with Gasteiger partial charge in [-0.15, -0.1) is 11.3 Å². The van der Waals surface area contributed by atoms with E-state index < -0.39 is 11.5 Å². The summed E-state index contributed by atoms with van der Waals surface area (Å²) in [5.74, 6) is -0.933. The van der Waals surface area contributed by atoms with Crippen LogP contribution in [0.2, 0.25) is 20.1 Å². The van der Waals surface area contributed by atoms with Crippen molar-refractivity contribution in [3.8, 4) is 12.1 Å². The molecule has 1 aliphatic rings. The minimum Gasteiger partial charge on any atom is -0.384 e. The van der Waals surface area contributed by atoms with Gasteiger partial charge in [0.1, 0.15) is 10.5 Å². The number of hydrogen-bond acceptors (Lipinski definition) is 5. The van der Waals surface area contributed by atoms with Crippen LogP contribution in [0.3, 0.4) is 0 Å². The number of halogens is 4. The zero-order valence-electron chi connectivity index (χ0n) is 15.9. The average Bonchev–Trinajstić information content (AvgIpc) is 3.09. The fourth-order valence-corrected chi connectivity index (χ4v) is 5.38. The van der Waals surface area contributed by atoms with Gasteiger partial charge in [-0.05, 0) is 29.3 Å². The van der Waals surface area contributed by atoms with Crippen LogP contribution in [-0.4, -0.2) is 4.57 Å². The summed E-state index contributed by atoms with van der Waals surface area (Å²) >= 11 is 26.0. The molecule has 158 valence electrons. The van der Waals surface area contributed by atoms with Gasteiger partial charge in [0.15, 0.2) is 0 Å². The van der Waals surface area contributed by atoms with Crippen LogP contribution in [0.15, 0.2) is 46.8 Å². The first-order valence-electron chi connectivity index (χ1n) is 8.96. The number of thiazole rings is 1. The van der Waals surface area contributed by atoms with Gasteiger partial charge in [-0.25, -0.2) is 0 Å². The second-order valence-electron chi connectivity index (χ2n) is 6.71. The van der Waals surface area contributed by atoms with Gasteiger partial charge in [0, 0.05) is 0 Å². The maximum atomic E-state index is 13.2. The summed E-state index contributed by atoms with van der Waals surface area (Å²) in [7, 11) is 0. The lowest BCUT2D eigenvalue weighted by molar-refractivity contribution is 0.906. The third-order valence-corrected chi connectivity index (χ3v) is 7.72. The van der Waals surface area contributed by atoms with Gasteiger partial charge in [-0.1, -0.05) is 70.7 Å². The lowest BCUT2D eigenvalue weighted by Gasteiger charge is -2.23. The molecule has 10 heteroatoms. The minimum atomic E-state index is -0.864. The molecule has 0 aliphatic carbocycles. The monoisotopic (exact) mass is 518 g/mol. The van der Waals surface area contributed by atoms with Crippen molar-refractivity contribution in [1.82, 2.24) is 4.57 Å². The van der Waals surface area contributed by atoms with Crippen LogP contribution in [0.5, 0.6) is 0 Å². The molecule has 5 nitrogen and oxygen atoms in total. The molecule has 0 fully saturated rings. The molecule has 2 aromatic carbocycles. The molecule has 32 heavy (non-hydrogen) atoms. The first kappa shape index (κ1) is 22.5. The van der Waals surface area contributed by atoms with E-state index in [2.05, 4.69) is 6.07 Å². The van der Waals surface area contributed by atoms with Crippen molar-refractivity contribution in [3.63, 3.8) is 0 Å². The van der Waals surface area contributed by atoms with Gasteiger partial charge < -0.3 is 5.73 Å². The SMILES string of the molecule is N#CC1=C(N)n2c(sc(=Cc3cccc(Cl)c3Cl)c2=O)=C(C#N)[C@@H]1c1cccc(Cl)c1Cl. The molecule has 1 aliphatic heterocycles. The third kappa shape index (κ3) is 3.51. The van der Waals surface area contributed by atoms with Crippen LogP contribution in [0.1, 0.15) is 17.0 Å². The molecule has 0 radical (unpaired) electrons. The van der Waals surface area contributed by atoms with Crippen LogP contribution in [0.25, 0.3) is 17.5 Å². The van der Waals surface area contributed by atoms with E-state index in [1.165, 1.54) is 4.57 Å². The van der Waals surface area contributed by atoms with Gasteiger partial charge in [0.2, 0.25) is 0 Å². The summed E-state index contributed by atoms with van der Waals surface area (Å²) < 4.78 is 1.75. The Morgan fingerprint density at radius 2 is 1.59 bits per heavy atom. The number of aromatic nitrogens is 1. The highest BCUT2D eigenvalue weighted by atomic mass is 35.5. The molecule has 4 rings (SSSR count). The van der Waals surface area contributed by atoms with Crippen molar-refractivity contribution < 1.29 is 0 Å². The Kier molecular flexibility index (Phi) is 6.09. The number of nitriles is 2. The zero-order valence-corrected chi connectivity index (χ0v) is 19.7. The number of nitrogens with zero attached hydrogens (tertiary/aromatic N) is 3. The lowest BCUT2D eigenvalue weighted by atomic mass is 9.84. The highest BCUT2D eigenvalue weighted by molar-refractivity contribution is 7.07. The number of hydrogen-bond donors (Lipinski definition) is 1. The number of fused-ring (bicyclic) bond motifs is 1. The Hall–Kier alpha value is -2.71. The summed E-state index contributed by atoms with van der Waals surface area (Å²) in [5.41, 5.74) is 6.97. The third-order valence-electron chi connectivity index (χ3n) is 4.95. The van der Waals surface area contributed by atoms with Crippen molar-refractivity contribution in [2.45, 2.75) is 5.92 Å². The van der Waals surface area contributed by atoms with Gasteiger partial charge in [0.25, 0.3) is 5.56 Å². The van der Waals surface area contributed by atoms with Gasteiger partial charge >= 0.3 is 0 Å². The van der Waals surface area contributed by atoms with Gasteiger partial charge in [0.05, 0.1) is 53.8 Å². The van der Waals surface area contributed by atoms with Crippen LogP contribution < -0.4 is 20.5 Å². The van der Waals surface area contributed by atoms with Crippen LogP contribution in [0.4, 0.5) is 0 Å². The summed E-state index contributed by atoms with van der Waals surface area (Å²) in [4.78, 5) is 13.2. The normalized spacial score (nSPS) is 16.0. The summed E-state index contributed by atoms with van der Waals surface area (Å²) in [6.07, 6.45) is 1.57. The van der Waals surface area contributed by atoms with Crippen molar-refractivity contribution in [2.75, 3.05) is 0 Å². The van der Waals surface area contributed by atoms with Crippen LogP contribution >= 0.6 is 57.7 Å². The van der Waals surface area contributed by atoms with E-state index in [0.717, 1.165) is 11.3 Å². The molecule has 1 aromatic heterocycles. The first-order valence-corrected chi connectivity index (χ1v) is 11.3. The molecule has 0 saturated carbocycles. The minimum absolute atomic E-state index is 0.0328. The van der Waals surface area contributed by atoms with Crippen LogP contribution in [-0.2, 0) is 0 Å². The zero-order chi connectivity index (χ0) is 23.2. The molecule has 1 atom stereocenters. The Bertz CT molecular complexity index is 1590. The molecular weight excluding hydrogens is 510 g/mol. The Balaban J connectivity index is 2.10. The Labute approximate surface area is 206 Å². The van der Waals surface area contributed by atoms with Crippen molar-refractivity contribution in [2.24, 2.45) is 5.73 Å². The summed E-state index contributed by atoms with van der Waals surface area (Å²) in [5, 5.41) is 21.0. The molecule has 2 heterocycles. The quantitative estimate of drug-likeness (QED) is 0.540. The topological polar surface area (TPSA) is 95.6 Å². The fraction of sp³-hybridized carbons (Fsp3) is 0.0455. The van der Waals surface area contributed by atoms with E-state index in [4.69, 9.17) is 52.1 Å². The molecule has 2 N–H and O–H groups in total. The second kappa shape index (κ2) is 8.67. The predicted molar refractivity (Wildman–Crippen MR) is 129 cm³/mol. The smallest absolute Gasteiger partial charge is 0.274 e. The van der Waals surface area contributed by atoms with Crippen LogP contribution in [0, 0.1) is 22.7 Å². The molecular formula is C22H10Cl4N4OS. The summed E-state index contributed by atoms with van der Waals surface area (Å²) in [6.45, 7) is 0. The van der Waals surface area contributed by atoms with Gasteiger partial charge in [-0.2, -0.15) is 10.5 Å². The predicted octanol–water partition coefficient (Wildman–Crippen LogP) is 4.47. The van der Waals surface area contributed by atoms with Crippen molar-refractivity contribution in [3.05, 3.63) is 92.7 Å². The van der Waals surface area contributed by atoms with E-state index in [9.17, 15) is 15.3 Å². The molecule has 0 bridgehead atoms. The number of rotatable bonds is 2. The largest absolute Gasteiger partial charge is 0.384 e. The number of nitrogens with two attached hydrogens (primary N) is 1. The van der Waals surface area contributed by atoms with E-state index in [1.54, 1.807) is 42.5 Å². The van der Waals surface area contributed by atoms with Crippen molar-refractivity contribution in [1.29, 1.82) is 10.5 Å². The molecule has 0 amide bonds. The maximum absolute atomic E-state index is 13.2. The highest BCUT2D eigenvalue weighted by Gasteiger charge is 2.33. The van der Waals surface area contributed by atoms with Gasteiger partial charge in [-0.3, -0.25) is 9.36 Å².